The van der Waals surface area contributed by atoms with Crippen LogP contribution in [0.2, 0.25) is 0 Å². The van der Waals surface area contributed by atoms with Gasteiger partial charge in [-0.05, 0) is 44.0 Å². The average molecular weight is 366 g/mol. The number of fused-ring (bicyclic) bond motifs is 1. The number of hydrogen-bond acceptors (Lipinski definition) is 3. The van der Waals surface area contributed by atoms with E-state index < -0.39 is 23.7 Å². The van der Waals surface area contributed by atoms with Gasteiger partial charge in [0.15, 0.2) is 5.69 Å². The van der Waals surface area contributed by atoms with Gasteiger partial charge in [-0.2, -0.15) is 0 Å². The highest BCUT2D eigenvalue weighted by molar-refractivity contribution is 6.03. The Morgan fingerprint density at radius 3 is 2.67 bits per heavy atom. The number of imidazole rings is 1. The molecule has 27 heavy (non-hydrogen) atoms. The molecule has 1 aliphatic rings. The number of nitrogens with zero attached hydrogens (tertiary/aromatic N) is 2. The molecular formula is C20H19FN4O2. The van der Waals surface area contributed by atoms with Crippen LogP contribution < -0.4 is 10.6 Å². The molecule has 0 aliphatic heterocycles. The number of halogens is 1. The first-order valence-corrected chi connectivity index (χ1v) is 8.88. The van der Waals surface area contributed by atoms with E-state index in [9.17, 15) is 14.0 Å². The Bertz CT molecular complexity index is 1030. The zero-order valence-corrected chi connectivity index (χ0v) is 14.8. The van der Waals surface area contributed by atoms with Gasteiger partial charge in [-0.15, -0.1) is 0 Å². The average Bonchev–Trinajstić information content (AvgIpc) is 3.43. The minimum absolute atomic E-state index is 0.0760. The lowest BCUT2D eigenvalue weighted by atomic mass is 10.2. The van der Waals surface area contributed by atoms with Crippen molar-refractivity contribution >= 4 is 23.0 Å². The van der Waals surface area contributed by atoms with Gasteiger partial charge in [0.1, 0.15) is 17.7 Å². The molecule has 138 valence electrons. The van der Waals surface area contributed by atoms with Gasteiger partial charge in [0.05, 0.1) is 11.2 Å². The van der Waals surface area contributed by atoms with Crippen molar-refractivity contribution in [3.05, 3.63) is 66.0 Å². The second kappa shape index (κ2) is 6.83. The fraction of sp³-hybridized carbons (Fsp3) is 0.250. The molecule has 1 fully saturated rings. The summed E-state index contributed by atoms with van der Waals surface area (Å²) in [7, 11) is 0. The van der Waals surface area contributed by atoms with Crippen molar-refractivity contribution < 1.29 is 14.0 Å². The maximum Gasteiger partial charge on any atom is 0.272 e. The number of carbonyl (C=O) groups excluding carboxylic acids is 2. The van der Waals surface area contributed by atoms with Crippen molar-refractivity contribution in [2.45, 2.75) is 31.7 Å². The summed E-state index contributed by atoms with van der Waals surface area (Å²) in [6.07, 6.45) is 4.02. The van der Waals surface area contributed by atoms with E-state index in [1.54, 1.807) is 13.0 Å². The second-order valence-corrected chi connectivity index (χ2v) is 6.71. The summed E-state index contributed by atoms with van der Waals surface area (Å²) in [5, 5.41) is 5.13. The number of hydrogen-bond donors (Lipinski definition) is 2. The molecule has 7 heteroatoms. The Balaban J connectivity index is 1.51. The molecule has 0 radical (unpaired) electrons. The van der Waals surface area contributed by atoms with Crippen LogP contribution in [0.1, 0.15) is 42.0 Å². The van der Waals surface area contributed by atoms with Crippen LogP contribution >= 0.6 is 0 Å². The van der Waals surface area contributed by atoms with E-state index in [1.165, 1.54) is 18.2 Å². The molecular weight excluding hydrogens is 347 g/mol. The third-order valence-corrected chi connectivity index (χ3v) is 4.61. The highest BCUT2D eigenvalue weighted by Crippen LogP contribution is 2.39. The number of anilines is 1. The molecule has 2 heterocycles. The molecule has 1 unspecified atom stereocenters. The van der Waals surface area contributed by atoms with E-state index in [2.05, 4.69) is 15.6 Å². The Hall–Kier alpha value is -3.22. The zero-order chi connectivity index (χ0) is 19.0. The Kier molecular flexibility index (Phi) is 4.35. The Morgan fingerprint density at radius 1 is 1.19 bits per heavy atom. The molecule has 2 N–H and O–H groups in total. The van der Waals surface area contributed by atoms with Crippen LogP contribution in [0.4, 0.5) is 10.1 Å². The van der Waals surface area contributed by atoms with Gasteiger partial charge >= 0.3 is 0 Å². The van der Waals surface area contributed by atoms with Gasteiger partial charge in [-0.3, -0.25) is 9.59 Å². The summed E-state index contributed by atoms with van der Waals surface area (Å²) in [5.74, 6) is -0.206. The van der Waals surface area contributed by atoms with Crippen LogP contribution in [0.3, 0.4) is 0 Å². The van der Waals surface area contributed by atoms with Crippen LogP contribution in [0.25, 0.3) is 5.52 Å². The summed E-state index contributed by atoms with van der Waals surface area (Å²) in [5.41, 5.74) is 1.08. The standard InChI is InChI=1S/C20H19FN4O2/c1-12(19(26)23-15-7-3-2-6-14(15)21)22-20(27)17-16-8-4-5-11-25(16)18(24-17)13-9-10-13/h2-8,11-13H,9-10H2,1H3,(H,22,27)(H,23,26). The Labute approximate surface area is 155 Å². The molecule has 1 saturated carbocycles. The monoisotopic (exact) mass is 366 g/mol. The van der Waals surface area contributed by atoms with Crippen LogP contribution in [-0.2, 0) is 4.79 Å². The largest absolute Gasteiger partial charge is 0.339 e. The summed E-state index contributed by atoms with van der Waals surface area (Å²) < 4.78 is 15.6. The molecule has 2 amide bonds. The molecule has 0 spiro atoms. The van der Waals surface area contributed by atoms with Crippen LogP contribution in [0, 0.1) is 5.82 Å². The fourth-order valence-electron chi connectivity index (χ4n) is 2.99. The number of pyridine rings is 1. The normalized spacial score (nSPS) is 14.7. The Morgan fingerprint density at radius 2 is 1.93 bits per heavy atom. The fourth-order valence-corrected chi connectivity index (χ4v) is 2.99. The van der Waals surface area contributed by atoms with Crippen molar-refractivity contribution in [1.82, 2.24) is 14.7 Å². The van der Waals surface area contributed by atoms with Crippen molar-refractivity contribution in [1.29, 1.82) is 0 Å². The second-order valence-electron chi connectivity index (χ2n) is 6.71. The predicted molar refractivity (Wildman–Crippen MR) is 99.1 cm³/mol. The third-order valence-electron chi connectivity index (χ3n) is 4.61. The zero-order valence-electron chi connectivity index (χ0n) is 14.8. The summed E-state index contributed by atoms with van der Waals surface area (Å²) in [6, 6.07) is 10.6. The van der Waals surface area contributed by atoms with Gasteiger partial charge < -0.3 is 15.0 Å². The number of carbonyl (C=O) groups is 2. The first-order chi connectivity index (χ1) is 13.0. The van der Waals surface area contributed by atoms with Crippen LogP contribution in [0.15, 0.2) is 48.7 Å². The highest BCUT2D eigenvalue weighted by Gasteiger charge is 2.31. The van der Waals surface area contributed by atoms with E-state index >= 15 is 0 Å². The smallest absolute Gasteiger partial charge is 0.272 e. The lowest BCUT2D eigenvalue weighted by Crippen LogP contribution is -2.41. The maximum atomic E-state index is 13.7. The van der Waals surface area contributed by atoms with Crippen molar-refractivity contribution in [2.75, 3.05) is 5.32 Å². The maximum absolute atomic E-state index is 13.7. The van der Waals surface area contributed by atoms with E-state index in [0.29, 0.717) is 17.1 Å². The molecule has 1 aliphatic carbocycles. The van der Waals surface area contributed by atoms with Gasteiger partial charge in [0.2, 0.25) is 5.91 Å². The van der Waals surface area contributed by atoms with E-state index in [-0.39, 0.29) is 5.69 Å². The number of para-hydroxylation sites is 1. The van der Waals surface area contributed by atoms with Gasteiger partial charge in [-0.25, -0.2) is 9.37 Å². The van der Waals surface area contributed by atoms with Gasteiger partial charge in [0, 0.05) is 12.1 Å². The molecule has 6 nitrogen and oxygen atoms in total. The molecule has 0 bridgehead atoms. The van der Waals surface area contributed by atoms with Crippen molar-refractivity contribution in [2.24, 2.45) is 0 Å². The van der Waals surface area contributed by atoms with Crippen molar-refractivity contribution in [3.63, 3.8) is 0 Å². The van der Waals surface area contributed by atoms with E-state index in [0.717, 1.165) is 18.7 Å². The van der Waals surface area contributed by atoms with Crippen LogP contribution in [-0.4, -0.2) is 27.2 Å². The minimum atomic E-state index is -0.845. The third kappa shape index (κ3) is 3.40. The molecule has 1 aromatic carbocycles. The summed E-state index contributed by atoms with van der Waals surface area (Å²) in [4.78, 5) is 29.5. The number of benzene rings is 1. The topological polar surface area (TPSA) is 75.5 Å². The summed E-state index contributed by atoms with van der Waals surface area (Å²) in [6.45, 7) is 1.55. The molecule has 2 aromatic heterocycles. The van der Waals surface area contributed by atoms with Crippen molar-refractivity contribution in [3.8, 4) is 0 Å². The number of nitrogens with one attached hydrogen (secondary N) is 2. The lowest BCUT2D eigenvalue weighted by molar-refractivity contribution is -0.117. The van der Waals surface area contributed by atoms with Gasteiger partial charge in [0.25, 0.3) is 5.91 Å². The first kappa shape index (κ1) is 17.2. The first-order valence-electron chi connectivity index (χ1n) is 8.88. The summed E-state index contributed by atoms with van der Waals surface area (Å²) >= 11 is 0. The quantitative estimate of drug-likeness (QED) is 0.729. The number of rotatable bonds is 5. The van der Waals surface area contributed by atoms with Crippen LogP contribution in [0.5, 0.6) is 0 Å². The van der Waals surface area contributed by atoms with E-state index in [1.807, 2.05) is 28.8 Å². The predicted octanol–water partition coefficient (Wildman–Crippen LogP) is 3.11. The lowest BCUT2D eigenvalue weighted by Gasteiger charge is -2.14. The highest BCUT2D eigenvalue weighted by atomic mass is 19.1. The SMILES string of the molecule is CC(NC(=O)c1nc(C2CC2)n2ccccc12)C(=O)Nc1ccccc1F. The molecule has 4 rings (SSSR count). The molecule has 3 aromatic rings. The minimum Gasteiger partial charge on any atom is -0.339 e. The number of aromatic nitrogens is 2. The molecule has 0 saturated heterocycles. The van der Waals surface area contributed by atoms with Gasteiger partial charge in [-0.1, -0.05) is 18.2 Å². The molecule has 1 atom stereocenters. The van der Waals surface area contributed by atoms with E-state index in [4.69, 9.17) is 0 Å². The number of amides is 2.